The maximum absolute atomic E-state index is 9.40. The third-order valence-electron chi connectivity index (χ3n) is 19.0. The molecule has 17 rings (SSSR count). The van der Waals surface area contributed by atoms with Crippen molar-refractivity contribution < 1.29 is 8.22 Å². The summed E-state index contributed by atoms with van der Waals surface area (Å²) in [5, 5.41) is 0. The van der Waals surface area contributed by atoms with E-state index in [0.717, 1.165) is 117 Å². The van der Waals surface area contributed by atoms with Gasteiger partial charge in [0.05, 0.1) is 22.1 Å². The fraction of sp³-hybridized carbons (Fsp3) is 0.0482. The Morgan fingerprint density at radius 1 is 0.304 bits per heavy atom. The zero-order valence-corrected chi connectivity index (χ0v) is 50.9. The fourth-order valence-electron chi connectivity index (χ4n) is 15.1. The number of benzene rings is 13. The number of imidazole rings is 2. The normalized spacial score (nSPS) is 14.1. The summed E-state index contributed by atoms with van der Waals surface area (Å²) in [4.78, 5) is 5.34. The van der Waals surface area contributed by atoms with Gasteiger partial charge >= 0.3 is 20.9 Å². The molecule has 434 valence electrons. The second-order valence-corrected chi connectivity index (χ2v) is 24.2. The van der Waals surface area contributed by atoms with E-state index < -0.39 is 34.7 Å². The minimum Gasteiger partial charge on any atom is -0.416 e. The van der Waals surface area contributed by atoms with E-state index in [1.807, 2.05) is 37.3 Å². The molecule has 13 aromatic carbocycles. The third-order valence-corrected chi connectivity index (χ3v) is 19.0. The van der Waals surface area contributed by atoms with Crippen molar-refractivity contribution in [3.63, 3.8) is 0 Å². The molecular formula is C83H63B3N6. The van der Waals surface area contributed by atoms with Gasteiger partial charge in [-0.05, 0) is 206 Å². The summed E-state index contributed by atoms with van der Waals surface area (Å²) >= 11 is 0. The van der Waals surface area contributed by atoms with Gasteiger partial charge in [0, 0.05) is 31.0 Å². The molecule has 0 unspecified atom stereocenters. The van der Waals surface area contributed by atoms with E-state index in [1.165, 1.54) is 6.07 Å². The number of rotatable bonds is 9. The lowest BCUT2D eigenvalue weighted by Crippen LogP contribution is -2.86. The van der Waals surface area contributed by atoms with Crippen molar-refractivity contribution in [1.29, 1.82) is 0 Å². The van der Waals surface area contributed by atoms with E-state index in [-0.39, 0.29) is 11.1 Å². The Morgan fingerprint density at radius 2 is 0.717 bits per heavy atom. The number of hydrogen-bond acceptors (Lipinski definition) is 4. The summed E-state index contributed by atoms with van der Waals surface area (Å²) in [5.74, 6) is 0.821. The average Bonchev–Trinajstić information content (AvgIpc) is 1.02. The van der Waals surface area contributed by atoms with Crippen molar-refractivity contribution >= 4 is 82.2 Å². The Morgan fingerprint density at radius 3 is 1.26 bits per heavy atom. The van der Waals surface area contributed by atoms with Gasteiger partial charge in [0.25, 0.3) is 0 Å². The van der Waals surface area contributed by atoms with Gasteiger partial charge in [-0.25, -0.2) is 4.98 Å². The molecule has 6 nitrogen and oxygen atoms in total. The zero-order chi connectivity index (χ0) is 66.6. The van der Waals surface area contributed by atoms with E-state index in [4.69, 9.17) is 4.98 Å². The molecule has 0 amide bonds. The summed E-state index contributed by atoms with van der Waals surface area (Å²) in [6.07, 6.45) is 0. The maximum Gasteiger partial charge on any atom is 0.388 e. The van der Waals surface area contributed by atoms with Gasteiger partial charge in [0.2, 0.25) is 5.78 Å². The predicted octanol–water partition coefficient (Wildman–Crippen LogP) is 18.0. The van der Waals surface area contributed by atoms with Crippen LogP contribution in [0.4, 0.5) is 17.1 Å². The molecule has 0 saturated carbocycles. The van der Waals surface area contributed by atoms with Crippen molar-refractivity contribution in [3.8, 4) is 72.4 Å². The Balaban J connectivity index is 0.880. The number of hydrogen-bond donors (Lipinski definition) is 0. The summed E-state index contributed by atoms with van der Waals surface area (Å²) in [6.45, 7) is -2.81. The number of para-hydroxylation sites is 6. The van der Waals surface area contributed by atoms with Gasteiger partial charge < -0.3 is 14.2 Å². The Bertz CT molecular complexity index is 5480. The first-order valence-electron chi connectivity index (χ1n) is 34.5. The molecule has 1 saturated heterocycles. The highest BCUT2D eigenvalue weighted by atomic mass is 15.3. The minimum absolute atomic E-state index is 0.0298. The molecule has 92 heavy (non-hydrogen) atoms. The fourth-order valence-corrected chi connectivity index (χ4v) is 15.1. The van der Waals surface area contributed by atoms with Gasteiger partial charge in [-0.3, -0.25) is 8.97 Å². The van der Waals surface area contributed by atoms with Crippen LogP contribution >= 0.6 is 0 Å². The summed E-state index contributed by atoms with van der Waals surface area (Å²) in [7, 11) is 0. The van der Waals surface area contributed by atoms with Gasteiger partial charge in [-0.2, -0.15) is 0 Å². The summed E-state index contributed by atoms with van der Waals surface area (Å²) in [5.41, 5.74) is 22.9. The van der Waals surface area contributed by atoms with Crippen LogP contribution in [-0.4, -0.2) is 34.9 Å². The lowest BCUT2D eigenvalue weighted by atomic mass is 9.37. The van der Waals surface area contributed by atoms with Gasteiger partial charge in [-0.15, -0.1) is 0 Å². The first-order chi connectivity index (χ1) is 47.8. The van der Waals surface area contributed by atoms with Crippen molar-refractivity contribution in [2.45, 2.75) is 27.6 Å². The van der Waals surface area contributed by atoms with E-state index in [9.17, 15) is 8.22 Å². The highest BCUT2D eigenvalue weighted by molar-refractivity contribution is 7.14. The van der Waals surface area contributed by atoms with Crippen molar-refractivity contribution in [3.05, 3.63) is 332 Å². The lowest BCUT2D eigenvalue weighted by molar-refractivity contribution is 1.11. The summed E-state index contributed by atoms with van der Waals surface area (Å²) < 4.78 is 68.3. The molecule has 9 heteroatoms. The van der Waals surface area contributed by atoms with Crippen LogP contribution in [0, 0.1) is 27.6 Å². The molecule has 0 N–H and O–H groups in total. The maximum atomic E-state index is 9.40. The number of nitrogens with zero attached hydrogens (tertiary/aromatic N) is 6. The monoisotopic (exact) mass is 1180 g/mol. The first kappa shape index (κ1) is 48.6. The highest BCUT2D eigenvalue weighted by Crippen LogP contribution is 2.50. The second-order valence-electron chi connectivity index (χ2n) is 24.2. The molecule has 0 atom stereocenters. The van der Waals surface area contributed by atoms with E-state index >= 15 is 0 Å². The number of fused-ring (bicyclic) bond motifs is 13. The Hall–Kier alpha value is -11.3. The van der Waals surface area contributed by atoms with Crippen molar-refractivity contribution in [2.24, 2.45) is 0 Å². The molecule has 1 aliphatic carbocycles. The van der Waals surface area contributed by atoms with E-state index in [1.54, 1.807) is 0 Å². The van der Waals surface area contributed by atoms with Crippen molar-refractivity contribution in [2.75, 3.05) is 14.2 Å². The quantitative estimate of drug-likeness (QED) is 0.135. The highest BCUT2D eigenvalue weighted by Gasteiger charge is 2.56. The van der Waals surface area contributed by atoms with Gasteiger partial charge in [0.15, 0.2) is 0 Å². The Kier molecular flexibility index (Phi) is 11.8. The number of aromatic nitrogens is 3. The van der Waals surface area contributed by atoms with Gasteiger partial charge in [0.1, 0.15) is 0 Å². The Labute approximate surface area is 547 Å². The largest absolute Gasteiger partial charge is 0.416 e. The standard InChI is InChI=1S/C83H63B3N6/c1-56-28-26-47-79-82(56)87-83-88(77-45-24-25-46-78(77)89(79)83)68-49-51-74-70-42-21-20-41-69(70)73-50-48-61(54-75(73)71-43-22-23-44-72(71)76(74)55-68)81-58(3)52-57(2)80(59(81)4)60-29-27-34-64(53-60)86-91(66-37-16-8-17-38-66)84(62-30-10-5-11-31-62)90(65-35-14-7-15-36-65)85(63-32-12-6-13-33-63)92(86)67-39-18-9-19-40-67/h5-55H,1-4H3/i2D3,3D3. The lowest BCUT2D eigenvalue weighted by Gasteiger charge is -2.57. The van der Waals surface area contributed by atoms with Crippen LogP contribution in [0.15, 0.2) is 309 Å². The first-order valence-corrected chi connectivity index (χ1v) is 31.5. The predicted molar refractivity (Wildman–Crippen MR) is 390 cm³/mol. The minimum atomic E-state index is -2.73. The molecule has 2 aromatic heterocycles. The van der Waals surface area contributed by atoms with Crippen molar-refractivity contribution in [1.82, 2.24) is 14.0 Å². The van der Waals surface area contributed by atoms with Crippen LogP contribution in [0.25, 0.3) is 100 Å². The number of aryl methyl sites for hydroxylation is 3. The van der Waals surface area contributed by atoms with Crippen LogP contribution in [0.1, 0.15) is 30.5 Å². The topological polar surface area (TPSA) is 32.0 Å². The molecule has 0 spiro atoms. The molecular weight excluding hydrogens is 1110 g/mol. The van der Waals surface area contributed by atoms with Crippen LogP contribution in [0.2, 0.25) is 0 Å². The molecule has 3 heterocycles. The molecule has 15 aromatic rings. The molecule has 0 bridgehead atoms. The summed E-state index contributed by atoms with van der Waals surface area (Å²) in [6, 6.07) is 108. The van der Waals surface area contributed by atoms with E-state index in [0.29, 0.717) is 27.8 Å². The molecule has 2 aliphatic rings. The smallest absolute Gasteiger partial charge is 0.388 e. The molecule has 0 radical (unpaired) electrons. The van der Waals surface area contributed by atoms with Crippen LogP contribution < -0.4 is 30.6 Å². The number of anilines is 3. The van der Waals surface area contributed by atoms with Crippen LogP contribution in [-0.2, 0) is 0 Å². The zero-order valence-electron chi connectivity index (χ0n) is 56.9. The van der Waals surface area contributed by atoms with Crippen LogP contribution in [0.5, 0.6) is 0 Å². The molecule has 1 aliphatic heterocycles. The van der Waals surface area contributed by atoms with Gasteiger partial charge in [-0.1, -0.05) is 237 Å². The van der Waals surface area contributed by atoms with E-state index in [2.05, 4.69) is 303 Å². The average molecular weight is 1180 g/mol. The SMILES string of the molecule is [2H]C([2H])([2H])c1cc(C([2H])([2H])[2H])c(-c2ccc3c(c2)-c2ccccc2-c2cc(-n4c5ccccc5n5c6cccc(C)c6nc45)ccc2-c2ccccc2-3)c(C)c1-c1cccc(B2N(c3ccccc3)B(c3ccccc3)N(c3ccccc3)B(c3ccccc3)N2c2ccccc2)c1. The molecule has 1 fully saturated rings. The third kappa shape index (κ3) is 8.86. The second kappa shape index (κ2) is 22.3. The van der Waals surface area contributed by atoms with Crippen LogP contribution in [0.3, 0.4) is 0 Å².